The van der Waals surface area contributed by atoms with Crippen molar-refractivity contribution in [1.82, 2.24) is 0 Å². The summed E-state index contributed by atoms with van der Waals surface area (Å²) in [5.74, 6) is -1.82. The van der Waals surface area contributed by atoms with Crippen LogP contribution in [0.2, 0.25) is 0 Å². The van der Waals surface area contributed by atoms with Gasteiger partial charge in [-0.1, -0.05) is 125 Å². The van der Waals surface area contributed by atoms with Crippen LogP contribution in [-0.4, -0.2) is 60.5 Å². The van der Waals surface area contributed by atoms with Crippen LogP contribution in [0.1, 0.15) is 129 Å². The highest BCUT2D eigenvalue weighted by Crippen LogP contribution is 2.43. The van der Waals surface area contributed by atoms with E-state index in [-0.39, 0.29) is 13.0 Å². The Hall–Kier alpha value is -2.85. The number of allylic oxidation sites excluding steroid dienone is 14. The summed E-state index contributed by atoms with van der Waals surface area (Å²) < 4.78 is 33.2. The lowest BCUT2D eigenvalue weighted by Crippen LogP contribution is -2.34. The molecule has 0 saturated heterocycles. The molecule has 0 heterocycles. The van der Waals surface area contributed by atoms with Gasteiger partial charge in [0.25, 0.3) is 0 Å². The molecule has 11 heteroatoms. The monoisotopic (exact) mass is 763 g/mol. The zero-order valence-corrected chi connectivity index (χ0v) is 33.5. The molecule has 4 N–H and O–H groups in total. The second-order valence-electron chi connectivity index (χ2n) is 12.6. The van der Waals surface area contributed by atoms with Crippen LogP contribution in [0.15, 0.2) is 85.1 Å². The summed E-state index contributed by atoms with van der Waals surface area (Å²) in [7, 11) is -4.63. The Bertz CT molecular complexity index is 1160. The first-order valence-electron chi connectivity index (χ1n) is 19.6. The predicted molar refractivity (Wildman–Crippen MR) is 216 cm³/mol. The van der Waals surface area contributed by atoms with Crippen molar-refractivity contribution in [3.8, 4) is 0 Å². The van der Waals surface area contributed by atoms with E-state index >= 15 is 0 Å². The highest BCUT2D eigenvalue weighted by Gasteiger charge is 2.27. The molecule has 0 fully saturated rings. The molecule has 302 valence electrons. The number of rotatable bonds is 36. The van der Waals surface area contributed by atoms with Gasteiger partial charge < -0.3 is 25.2 Å². The van der Waals surface area contributed by atoms with Crippen molar-refractivity contribution >= 4 is 19.8 Å². The van der Waals surface area contributed by atoms with E-state index in [1.807, 2.05) is 0 Å². The first kappa shape index (κ1) is 50.1. The van der Waals surface area contributed by atoms with Crippen LogP contribution in [0.3, 0.4) is 0 Å². The summed E-state index contributed by atoms with van der Waals surface area (Å²) in [5.41, 5.74) is 5.34. The molecule has 0 bridgehead atoms. The second-order valence-corrected chi connectivity index (χ2v) is 14.1. The van der Waals surface area contributed by atoms with Crippen LogP contribution in [0.4, 0.5) is 0 Å². The van der Waals surface area contributed by atoms with Crippen molar-refractivity contribution < 1.29 is 42.7 Å². The molecule has 10 nitrogen and oxygen atoms in total. The fourth-order valence-electron chi connectivity index (χ4n) is 4.67. The van der Waals surface area contributed by atoms with E-state index in [0.717, 1.165) is 103 Å². The molecule has 0 aliphatic carbocycles. The number of carboxylic acid groups (broad SMARTS) is 1. The van der Waals surface area contributed by atoms with E-state index in [1.54, 1.807) is 0 Å². The molecule has 3 atom stereocenters. The van der Waals surface area contributed by atoms with Gasteiger partial charge in [-0.2, -0.15) is 0 Å². The Morgan fingerprint density at radius 3 is 1.55 bits per heavy atom. The summed E-state index contributed by atoms with van der Waals surface area (Å²) >= 11 is 0. The number of nitrogens with two attached hydrogens (primary N) is 1. The van der Waals surface area contributed by atoms with Crippen LogP contribution in [-0.2, 0) is 32.7 Å². The summed E-state index contributed by atoms with van der Waals surface area (Å²) in [6.45, 7) is 3.52. The lowest BCUT2D eigenvalue weighted by molar-refractivity contribution is -0.154. The number of carbonyl (C=O) groups is 2. The molecule has 0 aromatic carbocycles. The Labute approximate surface area is 320 Å². The average Bonchev–Trinajstić information content (AvgIpc) is 3.13. The Kier molecular flexibility index (Phi) is 35.5. The first-order chi connectivity index (χ1) is 25.7. The fraction of sp³-hybridized carbons (Fsp3) is 0.619. The van der Waals surface area contributed by atoms with E-state index in [1.165, 1.54) is 0 Å². The van der Waals surface area contributed by atoms with Gasteiger partial charge in [-0.05, 0) is 83.5 Å². The summed E-state index contributed by atoms with van der Waals surface area (Å²) in [4.78, 5) is 33.4. The van der Waals surface area contributed by atoms with Gasteiger partial charge in [0.1, 0.15) is 12.1 Å². The van der Waals surface area contributed by atoms with Gasteiger partial charge in [0.15, 0.2) is 0 Å². The third-order valence-electron chi connectivity index (χ3n) is 7.67. The molecule has 0 aliphatic heterocycles. The van der Waals surface area contributed by atoms with E-state index in [4.69, 9.17) is 24.8 Å². The smallest absolute Gasteiger partial charge is 0.472 e. The molecule has 0 radical (unpaired) electrons. The topological polar surface area (TPSA) is 155 Å². The van der Waals surface area contributed by atoms with Gasteiger partial charge in [0.2, 0.25) is 0 Å². The van der Waals surface area contributed by atoms with Gasteiger partial charge in [0.05, 0.1) is 19.8 Å². The zero-order chi connectivity index (χ0) is 39.1. The summed E-state index contributed by atoms with van der Waals surface area (Å²) in [6.07, 6.45) is 46.4. The zero-order valence-electron chi connectivity index (χ0n) is 32.6. The van der Waals surface area contributed by atoms with Crippen molar-refractivity contribution in [2.24, 2.45) is 5.73 Å². The number of phosphoric acid groups is 1. The Balaban J connectivity index is 4.41. The van der Waals surface area contributed by atoms with Crippen molar-refractivity contribution in [3.05, 3.63) is 85.1 Å². The molecule has 0 spiro atoms. The molecular formula is C42H70NO9P. The third kappa shape index (κ3) is 37.3. The van der Waals surface area contributed by atoms with Crippen LogP contribution >= 0.6 is 7.82 Å². The quantitative estimate of drug-likeness (QED) is 0.0243. The second kappa shape index (κ2) is 37.5. The standard InChI is InChI=1S/C42H70NO9P/c1-3-5-7-9-11-13-15-17-19-21-23-25-27-29-31-33-35-49-36-39(37-50-53(47,48)51-38-40(43)42(45)46)52-41(44)34-32-30-28-26-24-22-20-18-16-14-12-10-8-6-4-2/h5-8,11-14,17-20,23,25,39-40H,3-4,9-10,15-16,21-22,24,26-38,43H2,1-2H3,(H,45,46)(H,47,48)/b7-5-,8-6-,13-11-,14-12-,19-17-,20-18-,25-23-. The molecule has 3 unspecified atom stereocenters. The van der Waals surface area contributed by atoms with Crippen molar-refractivity contribution in [2.75, 3.05) is 26.4 Å². The first-order valence-corrected chi connectivity index (χ1v) is 21.1. The number of ether oxygens (including phenoxy) is 2. The van der Waals surface area contributed by atoms with E-state index < -0.39 is 45.1 Å². The van der Waals surface area contributed by atoms with Crippen molar-refractivity contribution in [3.63, 3.8) is 0 Å². The minimum absolute atomic E-state index is 0.0174. The van der Waals surface area contributed by atoms with Crippen LogP contribution in [0, 0.1) is 0 Å². The minimum atomic E-state index is -4.63. The van der Waals surface area contributed by atoms with Crippen molar-refractivity contribution in [2.45, 2.75) is 142 Å². The Morgan fingerprint density at radius 2 is 1.04 bits per heavy atom. The van der Waals surface area contributed by atoms with E-state index in [2.05, 4.69) is 103 Å². The van der Waals surface area contributed by atoms with Gasteiger partial charge >= 0.3 is 19.8 Å². The third-order valence-corrected chi connectivity index (χ3v) is 8.62. The summed E-state index contributed by atoms with van der Waals surface area (Å²) in [5, 5.41) is 8.87. The number of hydrogen-bond acceptors (Lipinski definition) is 8. The average molecular weight is 764 g/mol. The number of aliphatic carboxylic acids is 1. The van der Waals surface area contributed by atoms with Crippen LogP contribution in [0.5, 0.6) is 0 Å². The maximum absolute atomic E-state index is 12.6. The lowest BCUT2D eigenvalue weighted by Gasteiger charge is -2.20. The maximum Gasteiger partial charge on any atom is 0.472 e. The number of carbonyl (C=O) groups excluding carboxylic acids is 1. The van der Waals surface area contributed by atoms with Gasteiger partial charge in [-0.3, -0.25) is 18.6 Å². The maximum atomic E-state index is 12.6. The molecule has 0 saturated carbocycles. The molecule has 0 amide bonds. The van der Waals surface area contributed by atoms with E-state index in [0.29, 0.717) is 13.0 Å². The fourth-order valence-corrected chi connectivity index (χ4v) is 5.44. The number of esters is 1. The molecular weight excluding hydrogens is 693 g/mol. The van der Waals surface area contributed by atoms with Gasteiger partial charge in [-0.25, -0.2) is 4.57 Å². The highest BCUT2D eigenvalue weighted by molar-refractivity contribution is 7.47. The highest BCUT2D eigenvalue weighted by atomic mass is 31.2. The van der Waals surface area contributed by atoms with Gasteiger partial charge in [0, 0.05) is 13.0 Å². The number of carboxylic acids is 1. The Morgan fingerprint density at radius 1 is 0.604 bits per heavy atom. The largest absolute Gasteiger partial charge is 0.480 e. The number of hydrogen-bond donors (Lipinski definition) is 3. The van der Waals surface area contributed by atoms with Gasteiger partial charge in [-0.15, -0.1) is 0 Å². The molecule has 0 aromatic rings. The number of unbranched alkanes of at least 4 members (excludes halogenated alkanes) is 8. The number of phosphoric ester groups is 1. The normalized spacial score (nSPS) is 14.9. The molecule has 0 aromatic heterocycles. The molecule has 0 aliphatic rings. The summed E-state index contributed by atoms with van der Waals surface area (Å²) in [6, 6.07) is -1.49. The SMILES string of the molecule is CC/C=C\C/C=C\C/C=C\C/C=C\CCCCCOCC(COP(=O)(O)OCC(N)C(=O)O)OC(=O)CCCCCCC/C=C\C/C=C\C/C=C\CC. The van der Waals surface area contributed by atoms with Crippen molar-refractivity contribution in [1.29, 1.82) is 0 Å². The molecule has 0 rings (SSSR count). The van der Waals surface area contributed by atoms with E-state index in [9.17, 15) is 19.0 Å². The predicted octanol–water partition coefficient (Wildman–Crippen LogP) is 10.4. The van der Waals surface area contributed by atoms with Crippen LogP contribution < -0.4 is 5.73 Å². The minimum Gasteiger partial charge on any atom is -0.480 e. The molecule has 53 heavy (non-hydrogen) atoms. The lowest BCUT2D eigenvalue weighted by atomic mass is 10.1. The van der Waals surface area contributed by atoms with Crippen LogP contribution in [0.25, 0.3) is 0 Å².